The summed E-state index contributed by atoms with van der Waals surface area (Å²) in [5.74, 6) is 1.09. The Bertz CT molecular complexity index is 2020. The fourth-order valence-corrected chi connectivity index (χ4v) is 5.87. The molecule has 0 radical (unpaired) electrons. The van der Waals surface area contributed by atoms with Gasteiger partial charge in [-0.05, 0) is 59.4 Å². The molecule has 0 saturated heterocycles. The van der Waals surface area contributed by atoms with Crippen molar-refractivity contribution in [3.63, 3.8) is 0 Å². The van der Waals surface area contributed by atoms with Crippen LogP contribution in [0, 0.1) is 6.92 Å². The van der Waals surface area contributed by atoms with Gasteiger partial charge in [0, 0.05) is 5.56 Å². The minimum atomic E-state index is -0.0878. The highest BCUT2D eigenvalue weighted by atomic mass is 16.3. The van der Waals surface area contributed by atoms with Gasteiger partial charge in [-0.3, -0.25) is 4.40 Å². The lowest BCUT2D eigenvalue weighted by Gasteiger charge is -2.23. The van der Waals surface area contributed by atoms with Crippen LogP contribution >= 0.6 is 0 Å². The Morgan fingerprint density at radius 3 is 2.38 bits per heavy atom. The third-order valence-corrected chi connectivity index (χ3v) is 7.81. The van der Waals surface area contributed by atoms with Gasteiger partial charge in [0.05, 0.1) is 18.8 Å². The molecule has 0 atom stereocenters. The fraction of sp³-hybridized carbons (Fsp3) is 0.176. The van der Waals surface area contributed by atoms with Crippen LogP contribution < -0.4 is 4.57 Å². The van der Waals surface area contributed by atoms with E-state index >= 15 is 0 Å². The molecule has 0 bridgehead atoms. The molecule has 3 aromatic heterocycles. The summed E-state index contributed by atoms with van der Waals surface area (Å²) >= 11 is 0. The minimum absolute atomic E-state index is 0.0878. The molecular weight excluding hydrogens is 480 g/mol. The zero-order valence-corrected chi connectivity index (χ0v) is 22.9. The number of hydrogen-bond acceptors (Lipinski definition) is 2. The minimum Gasteiger partial charge on any atom is -0.436 e. The van der Waals surface area contributed by atoms with Crippen molar-refractivity contribution in [3.05, 3.63) is 109 Å². The van der Waals surface area contributed by atoms with Crippen molar-refractivity contribution in [2.24, 2.45) is 7.05 Å². The van der Waals surface area contributed by atoms with Crippen LogP contribution in [0.1, 0.15) is 31.9 Å². The second kappa shape index (κ2) is 8.43. The van der Waals surface area contributed by atoms with E-state index in [4.69, 9.17) is 4.42 Å². The summed E-state index contributed by atoms with van der Waals surface area (Å²) in [6, 6.07) is 30.4. The molecule has 7 rings (SSSR count). The largest absolute Gasteiger partial charge is 0.436 e. The zero-order valence-electron chi connectivity index (χ0n) is 22.9. The number of hydrogen-bond donors (Lipinski definition) is 0. The maximum Gasteiger partial charge on any atom is 0.299 e. The van der Waals surface area contributed by atoms with Crippen LogP contribution in [0.15, 0.2) is 102 Å². The average Bonchev–Trinajstić information content (AvgIpc) is 3.61. The Hall–Kier alpha value is -4.64. The second-order valence-corrected chi connectivity index (χ2v) is 11.4. The van der Waals surface area contributed by atoms with Gasteiger partial charge < -0.3 is 4.42 Å². The molecule has 0 fully saturated rings. The third-order valence-electron chi connectivity index (χ3n) is 7.81. The van der Waals surface area contributed by atoms with Crippen LogP contribution in [-0.4, -0.2) is 14.0 Å². The number of oxazole rings is 1. The summed E-state index contributed by atoms with van der Waals surface area (Å²) in [5, 5.41) is 0. The number of fused-ring (bicyclic) bond motifs is 4. The van der Waals surface area contributed by atoms with Crippen molar-refractivity contribution < 1.29 is 8.98 Å². The number of imidazole rings is 2. The van der Waals surface area contributed by atoms with Crippen LogP contribution in [0.2, 0.25) is 0 Å². The van der Waals surface area contributed by atoms with Gasteiger partial charge in [-0.2, -0.15) is 4.57 Å². The maximum atomic E-state index is 6.45. The van der Waals surface area contributed by atoms with E-state index in [0.717, 1.165) is 44.8 Å². The Morgan fingerprint density at radius 2 is 1.59 bits per heavy atom. The molecule has 5 heteroatoms. The van der Waals surface area contributed by atoms with Crippen LogP contribution in [-0.2, 0) is 12.5 Å². The molecule has 0 amide bonds. The summed E-state index contributed by atoms with van der Waals surface area (Å²) in [4.78, 5) is 4.28. The normalized spacial score (nSPS) is 12.2. The lowest BCUT2D eigenvalue weighted by Crippen LogP contribution is -2.30. The van der Waals surface area contributed by atoms with Crippen LogP contribution in [0.25, 0.3) is 56.0 Å². The van der Waals surface area contributed by atoms with Crippen LogP contribution in [0.3, 0.4) is 0 Å². The zero-order chi connectivity index (χ0) is 26.9. The molecule has 0 N–H and O–H groups in total. The maximum absolute atomic E-state index is 6.45. The molecule has 0 unspecified atom stereocenters. The number of rotatable bonds is 3. The van der Waals surface area contributed by atoms with Crippen molar-refractivity contribution >= 4 is 27.8 Å². The van der Waals surface area contributed by atoms with Crippen LogP contribution in [0.4, 0.5) is 0 Å². The van der Waals surface area contributed by atoms with Crippen molar-refractivity contribution in [1.29, 1.82) is 0 Å². The van der Waals surface area contributed by atoms with Gasteiger partial charge in [0.1, 0.15) is 17.6 Å². The molecule has 0 spiro atoms. The summed E-state index contributed by atoms with van der Waals surface area (Å²) in [5.41, 5.74) is 12.0. The first-order chi connectivity index (χ1) is 18.8. The molecule has 0 aliphatic heterocycles. The molecule has 0 aliphatic rings. The lowest BCUT2D eigenvalue weighted by atomic mass is 9.83. The van der Waals surface area contributed by atoms with Crippen molar-refractivity contribution in [3.8, 4) is 28.2 Å². The second-order valence-electron chi connectivity index (χ2n) is 11.4. The van der Waals surface area contributed by atoms with Gasteiger partial charge in [-0.15, -0.1) is 0 Å². The van der Waals surface area contributed by atoms with Gasteiger partial charge in [0.15, 0.2) is 16.6 Å². The Kier molecular flexibility index (Phi) is 5.08. The van der Waals surface area contributed by atoms with E-state index in [2.05, 4.69) is 134 Å². The number of aryl methyl sites for hydroxylation is 2. The van der Waals surface area contributed by atoms with Gasteiger partial charge in [-0.25, -0.2) is 9.55 Å². The Labute approximate surface area is 227 Å². The van der Waals surface area contributed by atoms with Gasteiger partial charge in [-0.1, -0.05) is 75.4 Å². The van der Waals surface area contributed by atoms with Gasteiger partial charge in [0.25, 0.3) is 5.82 Å². The Morgan fingerprint density at radius 1 is 0.821 bits per heavy atom. The monoisotopic (exact) mass is 511 g/mol. The number of para-hydroxylation sites is 2. The summed E-state index contributed by atoms with van der Waals surface area (Å²) in [7, 11) is 2.15. The fourth-order valence-electron chi connectivity index (χ4n) is 5.87. The van der Waals surface area contributed by atoms with Gasteiger partial charge >= 0.3 is 0 Å². The number of nitrogens with zero attached hydrogens (tertiary/aromatic N) is 4. The SMILES string of the molecule is Cc1ccc2c(oc3cncn32)c1-c1n(-c2ccc(-c3ccccc3)cc2C(C)(C)C)c2ccccc2[n+]1C. The molecule has 0 saturated carbocycles. The average molecular weight is 512 g/mol. The highest BCUT2D eigenvalue weighted by Gasteiger charge is 2.33. The molecule has 39 heavy (non-hydrogen) atoms. The molecule has 4 aromatic carbocycles. The molecule has 3 heterocycles. The molecule has 0 aliphatic carbocycles. The first-order valence-corrected chi connectivity index (χ1v) is 13.4. The standard InChI is InChI=1S/C34H31N4O/c1-22-15-17-29-32(39-30-20-35-21-37(29)30)31(22)33-36(5)27-13-9-10-14-28(27)38(33)26-18-16-24(19-25(26)34(2,3)4)23-11-7-6-8-12-23/h6-21H,1-5H3/q+1. The highest BCUT2D eigenvalue weighted by molar-refractivity contribution is 5.94. The quantitative estimate of drug-likeness (QED) is 0.227. The first-order valence-electron chi connectivity index (χ1n) is 13.4. The molecule has 7 aromatic rings. The van der Waals surface area contributed by atoms with E-state index in [1.165, 1.54) is 22.4 Å². The predicted molar refractivity (Wildman–Crippen MR) is 157 cm³/mol. The topological polar surface area (TPSA) is 39.3 Å². The first kappa shape index (κ1) is 23.5. The van der Waals surface area contributed by atoms with Crippen molar-refractivity contribution in [1.82, 2.24) is 14.0 Å². The van der Waals surface area contributed by atoms with Crippen molar-refractivity contribution in [2.45, 2.75) is 33.1 Å². The smallest absolute Gasteiger partial charge is 0.299 e. The molecular formula is C34H31N4O+. The predicted octanol–water partition coefficient (Wildman–Crippen LogP) is 7.79. The summed E-state index contributed by atoms with van der Waals surface area (Å²) < 4.78 is 13.2. The van der Waals surface area contributed by atoms with E-state index in [0.29, 0.717) is 0 Å². The number of aromatic nitrogens is 4. The summed E-state index contributed by atoms with van der Waals surface area (Å²) in [6.07, 6.45) is 3.59. The third kappa shape index (κ3) is 3.53. The van der Waals surface area contributed by atoms with Crippen LogP contribution in [0.5, 0.6) is 0 Å². The molecule has 192 valence electrons. The lowest BCUT2D eigenvalue weighted by molar-refractivity contribution is -0.633. The summed E-state index contributed by atoms with van der Waals surface area (Å²) in [6.45, 7) is 9.04. The molecule has 5 nitrogen and oxygen atoms in total. The Balaban J connectivity index is 1.60. The highest BCUT2D eigenvalue weighted by Crippen LogP contribution is 2.39. The van der Waals surface area contributed by atoms with E-state index in [1.807, 2.05) is 10.7 Å². The van der Waals surface area contributed by atoms with E-state index in [1.54, 1.807) is 6.20 Å². The van der Waals surface area contributed by atoms with E-state index in [-0.39, 0.29) is 5.41 Å². The van der Waals surface area contributed by atoms with E-state index < -0.39 is 0 Å². The van der Waals surface area contributed by atoms with Crippen molar-refractivity contribution in [2.75, 3.05) is 0 Å². The van der Waals surface area contributed by atoms with E-state index in [9.17, 15) is 0 Å². The van der Waals surface area contributed by atoms with Gasteiger partial charge in [0.2, 0.25) is 5.71 Å². The number of benzene rings is 4.